The van der Waals surface area contributed by atoms with Crippen LogP contribution in [-0.2, 0) is 13.0 Å². The van der Waals surface area contributed by atoms with Crippen molar-refractivity contribution in [2.24, 2.45) is 4.99 Å². The second-order valence-corrected chi connectivity index (χ2v) is 7.44. The number of rotatable bonds is 7. The average molecular weight is 512 g/mol. The lowest BCUT2D eigenvalue weighted by atomic mass is 10.0. The summed E-state index contributed by atoms with van der Waals surface area (Å²) < 4.78 is 7.99. The second-order valence-electron chi connectivity index (χ2n) is 7.44. The van der Waals surface area contributed by atoms with Crippen molar-refractivity contribution in [3.8, 4) is 5.75 Å². The van der Waals surface area contributed by atoms with Crippen LogP contribution < -0.4 is 15.4 Å². The summed E-state index contributed by atoms with van der Waals surface area (Å²) in [5, 5.41) is 11.3. The Morgan fingerprint density at radius 1 is 1.34 bits per heavy atom. The van der Waals surface area contributed by atoms with E-state index in [1.54, 1.807) is 0 Å². The topological polar surface area (TPSA) is 76.4 Å². The normalized spacial score (nSPS) is 16.2. The molecule has 0 saturated heterocycles. The average Bonchev–Trinajstić information content (AvgIpc) is 3.04. The van der Waals surface area contributed by atoms with Crippen LogP contribution in [0.4, 0.5) is 0 Å². The van der Waals surface area contributed by atoms with E-state index in [4.69, 9.17) is 4.74 Å². The maximum Gasteiger partial charge on any atom is 0.191 e. The van der Waals surface area contributed by atoms with E-state index >= 15 is 0 Å². The predicted molar refractivity (Wildman–Crippen MR) is 127 cm³/mol. The number of benzene rings is 1. The van der Waals surface area contributed by atoms with Gasteiger partial charge in [0.1, 0.15) is 24.0 Å². The molecular weight excluding hydrogens is 479 g/mol. The number of nitrogens with zero attached hydrogens (tertiary/aromatic N) is 4. The molecule has 3 rings (SSSR count). The van der Waals surface area contributed by atoms with Gasteiger partial charge in [-0.3, -0.25) is 0 Å². The van der Waals surface area contributed by atoms with Crippen molar-refractivity contribution in [1.29, 1.82) is 0 Å². The van der Waals surface area contributed by atoms with Gasteiger partial charge in [0.15, 0.2) is 5.96 Å². The van der Waals surface area contributed by atoms with Gasteiger partial charge in [0.05, 0.1) is 13.1 Å². The Labute approximate surface area is 190 Å². The van der Waals surface area contributed by atoms with Crippen molar-refractivity contribution in [3.05, 3.63) is 41.5 Å². The fraction of sp³-hybridized carbons (Fsp3) is 0.571. The molecule has 0 amide bonds. The fourth-order valence-corrected chi connectivity index (χ4v) is 3.47. The Kier molecular flexibility index (Phi) is 9.19. The minimum absolute atomic E-state index is 0. The largest absolute Gasteiger partial charge is 0.491 e. The molecule has 0 bridgehead atoms. The molecule has 1 aromatic heterocycles. The van der Waals surface area contributed by atoms with Gasteiger partial charge in [0.25, 0.3) is 0 Å². The summed E-state index contributed by atoms with van der Waals surface area (Å²) in [7, 11) is 0. The Balaban J connectivity index is 0.00000300. The molecule has 1 aliphatic heterocycles. The van der Waals surface area contributed by atoms with Gasteiger partial charge >= 0.3 is 0 Å². The van der Waals surface area contributed by atoms with Gasteiger partial charge < -0.3 is 15.4 Å². The zero-order chi connectivity index (χ0) is 19.9. The van der Waals surface area contributed by atoms with Crippen molar-refractivity contribution < 1.29 is 4.74 Å². The first-order valence-corrected chi connectivity index (χ1v) is 10.2. The van der Waals surface area contributed by atoms with Crippen molar-refractivity contribution in [2.45, 2.75) is 59.0 Å². The number of aryl methyl sites for hydroxylation is 2. The highest BCUT2D eigenvalue weighted by atomic mass is 127. The third kappa shape index (κ3) is 6.58. The SMILES string of the molecule is CCNC(=NCCOc1ccccc1C(C)C)NC1CCc2nc(C)nn2C1.I. The summed E-state index contributed by atoms with van der Waals surface area (Å²) in [6.45, 7) is 11.2. The van der Waals surface area contributed by atoms with Gasteiger partial charge in [-0.05, 0) is 37.8 Å². The predicted octanol–water partition coefficient (Wildman–Crippen LogP) is 3.28. The molecule has 2 heterocycles. The van der Waals surface area contributed by atoms with E-state index in [1.807, 2.05) is 23.7 Å². The molecule has 160 valence electrons. The van der Waals surface area contributed by atoms with Crippen LogP contribution >= 0.6 is 24.0 Å². The highest BCUT2D eigenvalue weighted by molar-refractivity contribution is 14.0. The number of hydrogen-bond donors (Lipinski definition) is 2. The molecule has 1 unspecified atom stereocenters. The molecule has 8 heteroatoms. The molecular formula is C21H33IN6O. The monoisotopic (exact) mass is 512 g/mol. The molecule has 7 nitrogen and oxygen atoms in total. The number of fused-ring (bicyclic) bond motifs is 1. The Morgan fingerprint density at radius 2 is 2.14 bits per heavy atom. The quantitative estimate of drug-likeness (QED) is 0.258. The molecule has 1 aliphatic rings. The van der Waals surface area contributed by atoms with E-state index in [2.05, 4.69) is 58.6 Å². The van der Waals surface area contributed by atoms with Gasteiger partial charge in [-0.2, -0.15) is 5.10 Å². The zero-order valence-electron chi connectivity index (χ0n) is 17.8. The van der Waals surface area contributed by atoms with Crippen LogP contribution in [0, 0.1) is 6.92 Å². The maximum atomic E-state index is 5.98. The smallest absolute Gasteiger partial charge is 0.191 e. The second kappa shape index (κ2) is 11.4. The first-order valence-electron chi connectivity index (χ1n) is 10.2. The third-order valence-corrected chi connectivity index (χ3v) is 4.81. The summed E-state index contributed by atoms with van der Waals surface area (Å²) >= 11 is 0. The van der Waals surface area contributed by atoms with Crippen molar-refractivity contribution in [3.63, 3.8) is 0 Å². The molecule has 1 aromatic carbocycles. The summed E-state index contributed by atoms with van der Waals surface area (Å²) in [6.07, 6.45) is 1.97. The van der Waals surface area contributed by atoms with Crippen LogP contribution in [0.15, 0.2) is 29.3 Å². The Hall–Kier alpha value is -1.84. The highest BCUT2D eigenvalue weighted by Crippen LogP contribution is 2.25. The number of hydrogen-bond acceptors (Lipinski definition) is 4. The van der Waals surface area contributed by atoms with E-state index in [9.17, 15) is 0 Å². The summed E-state index contributed by atoms with van der Waals surface area (Å²) in [6, 6.07) is 8.52. The van der Waals surface area contributed by atoms with Gasteiger partial charge in [0, 0.05) is 19.0 Å². The van der Waals surface area contributed by atoms with Gasteiger partial charge in [0.2, 0.25) is 0 Å². The van der Waals surface area contributed by atoms with Crippen molar-refractivity contribution in [1.82, 2.24) is 25.4 Å². The minimum Gasteiger partial charge on any atom is -0.491 e. The standard InChI is InChI=1S/C21H32N6O.HI/c1-5-22-21(25-17-10-11-20-24-16(4)26-27(20)14-17)23-12-13-28-19-9-7-6-8-18(19)15(2)3;/h6-9,15,17H,5,10-14H2,1-4H3,(H2,22,23,25);1H. The number of halogens is 1. The van der Waals surface area contributed by atoms with E-state index in [0.717, 1.165) is 49.3 Å². The minimum atomic E-state index is 0. The van der Waals surface area contributed by atoms with Gasteiger partial charge in [-0.25, -0.2) is 14.7 Å². The van der Waals surface area contributed by atoms with Crippen LogP contribution in [-0.4, -0.2) is 46.5 Å². The highest BCUT2D eigenvalue weighted by Gasteiger charge is 2.21. The van der Waals surface area contributed by atoms with E-state index in [0.29, 0.717) is 25.1 Å². The van der Waals surface area contributed by atoms with E-state index in [1.165, 1.54) is 5.56 Å². The Morgan fingerprint density at radius 3 is 2.90 bits per heavy atom. The number of ether oxygens (including phenoxy) is 1. The van der Waals surface area contributed by atoms with Crippen LogP contribution in [0.2, 0.25) is 0 Å². The zero-order valence-corrected chi connectivity index (χ0v) is 20.1. The van der Waals surface area contributed by atoms with Crippen molar-refractivity contribution in [2.75, 3.05) is 19.7 Å². The maximum absolute atomic E-state index is 5.98. The molecule has 0 aliphatic carbocycles. The lowest BCUT2D eigenvalue weighted by Crippen LogP contribution is -2.47. The molecule has 29 heavy (non-hydrogen) atoms. The van der Waals surface area contributed by atoms with Crippen LogP contribution in [0.3, 0.4) is 0 Å². The summed E-state index contributed by atoms with van der Waals surface area (Å²) in [4.78, 5) is 9.15. The van der Waals surface area contributed by atoms with E-state index in [-0.39, 0.29) is 24.0 Å². The third-order valence-electron chi connectivity index (χ3n) is 4.81. The van der Waals surface area contributed by atoms with Crippen LogP contribution in [0.5, 0.6) is 5.75 Å². The lowest BCUT2D eigenvalue weighted by Gasteiger charge is -2.25. The van der Waals surface area contributed by atoms with Gasteiger partial charge in [-0.1, -0.05) is 32.0 Å². The molecule has 0 saturated carbocycles. The van der Waals surface area contributed by atoms with Crippen LogP contribution in [0.1, 0.15) is 50.3 Å². The summed E-state index contributed by atoms with van der Waals surface area (Å²) in [5.41, 5.74) is 1.23. The Bertz CT molecular complexity index is 804. The van der Waals surface area contributed by atoms with E-state index < -0.39 is 0 Å². The summed E-state index contributed by atoms with van der Waals surface area (Å²) in [5.74, 6) is 4.14. The molecule has 2 N–H and O–H groups in total. The molecule has 0 fully saturated rings. The lowest BCUT2D eigenvalue weighted by molar-refractivity contribution is 0.323. The van der Waals surface area contributed by atoms with Crippen LogP contribution in [0.25, 0.3) is 0 Å². The fourth-order valence-electron chi connectivity index (χ4n) is 3.47. The number of aromatic nitrogens is 3. The molecule has 0 spiro atoms. The number of guanidine groups is 1. The molecule has 0 radical (unpaired) electrons. The number of aliphatic imine (C=N–C) groups is 1. The first kappa shape index (κ1) is 23.4. The number of nitrogens with one attached hydrogen (secondary N) is 2. The van der Waals surface area contributed by atoms with Gasteiger partial charge in [-0.15, -0.1) is 24.0 Å². The molecule has 2 aromatic rings. The first-order chi connectivity index (χ1) is 13.6. The molecule has 1 atom stereocenters. The van der Waals surface area contributed by atoms with Crippen molar-refractivity contribution >= 4 is 29.9 Å². The number of para-hydroxylation sites is 1.